The highest BCUT2D eigenvalue weighted by molar-refractivity contribution is 7.81. The third-order valence-corrected chi connectivity index (χ3v) is 2.93. The molecule has 2 N–H and O–H groups in total. The van der Waals surface area contributed by atoms with E-state index in [0.29, 0.717) is 23.5 Å². The van der Waals surface area contributed by atoms with Gasteiger partial charge in [0.25, 0.3) is 0 Å². The third kappa shape index (κ3) is 3.53. The summed E-state index contributed by atoms with van der Waals surface area (Å²) in [6, 6.07) is 0. The molecule has 0 aliphatic heterocycles. The van der Waals surface area contributed by atoms with Crippen LogP contribution in [-0.2, 0) is 15.8 Å². The largest absolute Gasteiger partial charge is 0.832 e. The van der Waals surface area contributed by atoms with Crippen LogP contribution >= 0.6 is 7.25 Å². The summed E-state index contributed by atoms with van der Waals surface area (Å²) in [6.45, 7) is 2.11. The zero-order valence-electron chi connectivity index (χ0n) is 10.3. The molecule has 0 bridgehead atoms. The van der Waals surface area contributed by atoms with Crippen LogP contribution in [0.4, 0.5) is 5.82 Å². The normalized spacial score (nSPS) is 16.4. The van der Waals surface area contributed by atoms with Gasteiger partial charge in [0, 0.05) is 6.35 Å². The average molecular weight is 280 g/mol. The minimum absolute atomic E-state index is 0.295. The fraction of sp³-hybridized carbons (Fsp3) is 0.444. The molecule has 101 valence electrons. The average Bonchev–Trinajstić information content (AvgIpc) is 2.71. The van der Waals surface area contributed by atoms with Gasteiger partial charge in [0.1, 0.15) is 11.8 Å². The Morgan fingerprint density at radius 1 is 1.58 bits per heavy atom. The number of fused-ring (bicyclic) bond motifs is 1. The molecular formula is C9H12BN5O3P-2. The van der Waals surface area contributed by atoms with Crippen LogP contribution in [0.25, 0.3) is 11.2 Å². The second-order valence-electron chi connectivity index (χ2n) is 4.16. The number of ether oxygens (including phenoxy) is 1. The summed E-state index contributed by atoms with van der Waals surface area (Å²) in [5, 5.41) is 0. The first-order valence-corrected chi connectivity index (χ1v) is 7.36. The molecule has 1 unspecified atom stereocenters. The first kappa shape index (κ1) is 14.0. The molecule has 0 saturated carbocycles. The van der Waals surface area contributed by atoms with Gasteiger partial charge in [-0.2, -0.15) is 0 Å². The Morgan fingerprint density at radius 2 is 2.32 bits per heavy atom. The second-order valence-corrected chi connectivity index (χ2v) is 5.87. The molecule has 19 heavy (non-hydrogen) atoms. The highest BCUT2D eigenvalue weighted by atomic mass is 31.2. The SMILES string of the molecule is [B-]P(=O)([O-])CO[C@H](C)Cn1cnc2c(N)ncnc21. The summed E-state index contributed by atoms with van der Waals surface area (Å²) in [4.78, 5) is 22.8. The highest BCUT2D eigenvalue weighted by Crippen LogP contribution is 2.28. The van der Waals surface area contributed by atoms with Crippen LogP contribution in [0.1, 0.15) is 6.92 Å². The first-order valence-electron chi connectivity index (χ1n) is 5.48. The molecule has 0 spiro atoms. The van der Waals surface area contributed by atoms with Gasteiger partial charge in [-0.25, -0.2) is 22.2 Å². The molecule has 10 heteroatoms. The number of aromatic nitrogens is 4. The fourth-order valence-corrected chi connectivity index (χ4v) is 2.06. The summed E-state index contributed by atoms with van der Waals surface area (Å²) in [6.07, 6.45) is 2.03. The van der Waals surface area contributed by atoms with E-state index in [1.165, 1.54) is 6.33 Å². The van der Waals surface area contributed by atoms with Crippen molar-refractivity contribution in [3.05, 3.63) is 12.7 Å². The molecule has 2 atom stereocenters. The molecule has 0 aliphatic carbocycles. The van der Waals surface area contributed by atoms with E-state index in [1.54, 1.807) is 17.8 Å². The Balaban J connectivity index is 2.09. The van der Waals surface area contributed by atoms with Crippen LogP contribution < -0.4 is 10.6 Å². The number of hydrogen-bond donors (Lipinski definition) is 1. The molecule has 8 nitrogen and oxygen atoms in total. The van der Waals surface area contributed by atoms with Gasteiger partial charge < -0.3 is 32.1 Å². The van der Waals surface area contributed by atoms with Crippen LogP contribution in [0.2, 0.25) is 0 Å². The number of anilines is 1. The van der Waals surface area contributed by atoms with Gasteiger partial charge in [0.15, 0.2) is 11.5 Å². The number of rotatable bonds is 5. The highest BCUT2D eigenvalue weighted by Gasteiger charge is 2.10. The fourth-order valence-electron chi connectivity index (χ4n) is 1.59. The van der Waals surface area contributed by atoms with Crippen molar-refractivity contribution in [1.29, 1.82) is 0 Å². The van der Waals surface area contributed by atoms with E-state index in [2.05, 4.69) is 15.0 Å². The number of nitrogens with two attached hydrogens (primary N) is 1. The van der Waals surface area contributed by atoms with E-state index in [-0.39, 0.29) is 6.10 Å². The predicted octanol–water partition coefficient (Wildman–Crippen LogP) is -0.507. The maximum absolute atomic E-state index is 10.8. The standard InChI is InChI=1S/C9H13BN5O3P/c1-6(18-5-19(10,16)17)2-15-4-14-7-8(11)12-3-13-9(7)15/h3-4,6H,2,5H2,1H3,(H,16,17)(H2,11,12,13)/q-1/p-1/t6-/m1/s1. The monoisotopic (exact) mass is 280 g/mol. The van der Waals surface area contributed by atoms with Crippen molar-refractivity contribution in [2.45, 2.75) is 19.6 Å². The number of nitrogens with zero attached hydrogens (tertiary/aromatic N) is 4. The molecule has 0 aromatic carbocycles. The number of nitrogen functional groups attached to an aromatic ring is 1. The van der Waals surface area contributed by atoms with E-state index < -0.39 is 13.6 Å². The van der Waals surface area contributed by atoms with Crippen LogP contribution in [0.15, 0.2) is 12.7 Å². The third-order valence-electron chi connectivity index (χ3n) is 2.42. The van der Waals surface area contributed by atoms with E-state index >= 15 is 0 Å². The van der Waals surface area contributed by atoms with Crippen molar-refractivity contribution in [3.63, 3.8) is 0 Å². The quantitative estimate of drug-likeness (QED) is 0.578. The summed E-state index contributed by atoms with van der Waals surface area (Å²) < 4.78 is 17.7. The molecule has 3 radical (unpaired) electrons. The van der Waals surface area contributed by atoms with E-state index in [1.807, 2.05) is 0 Å². The summed E-state index contributed by atoms with van der Waals surface area (Å²) in [7, 11) is 0.978. The molecule has 0 aliphatic rings. The lowest BCUT2D eigenvalue weighted by Crippen LogP contribution is -2.19. The van der Waals surface area contributed by atoms with Crippen molar-refractivity contribution in [2.75, 3.05) is 12.1 Å². The van der Waals surface area contributed by atoms with Gasteiger partial charge in [-0.05, 0) is 6.92 Å². The van der Waals surface area contributed by atoms with Gasteiger partial charge >= 0.3 is 0 Å². The Kier molecular flexibility index (Phi) is 3.89. The lowest BCUT2D eigenvalue weighted by Gasteiger charge is -2.33. The molecule has 0 saturated heterocycles. The molecule has 2 heterocycles. The summed E-state index contributed by atoms with van der Waals surface area (Å²) in [5.74, 6) is 0.295. The molecule has 2 aromatic rings. The lowest BCUT2D eigenvalue weighted by atomic mass is 10.4. The minimum Gasteiger partial charge on any atom is -0.832 e. The number of hydrogen-bond acceptors (Lipinski definition) is 7. The molecule has 0 fully saturated rings. The van der Waals surface area contributed by atoms with Crippen LogP contribution in [-0.4, -0.2) is 39.5 Å². The van der Waals surface area contributed by atoms with Crippen LogP contribution in [0, 0.1) is 0 Å². The molecular weight excluding hydrogens is 268 g/mol. The summed E-state index contributed by atoms with van der Waals surface area (Å²) in [5.41, 5.74) is 6.74. The van der Waals surface area contributed by atoms with Crippen molar-refractivity contribution < 1.29 is 14.2 Å². The van der Waals surface area contributed by atoms with Crippen molar-refractivity contribution in [3.8, 4) is 0 Å². The van der Waals surface area contributed by atoms with Crippen molar-refractivity contribution >= 4 is 31.8 Å². The Bertz CT molecular complexity index is 627. The maximum Gasteiger partial charge on any atom is 0.165 e. The summed E-state index contributed by atoms with van der Waals surface area (Å²) >= 11 is 0. The van der Waals surface area contributed by atoms with E-state index in [9.17, 15) is 9.46 Å². The predicted molar refractivity (Wildman–Crippen MR) is 68.5 cm³/mol. The topological polar surface area (TPSA) is 119 Å². The zero-order chi connectivity index (χ0) is 14.0. The zero-order valence-corrected chi connectivity index (χ0v) is 11.2. The Labute approximate surface area is 110 Å². The second kappa shape index (κ2) is 5.28. The molecule has 2 aromatic heterocycles. The van der Waals surface area contributed by atoms with Crippen LogP contribution in [0.5, 0.6) is 0 Å². The van der Waals surface area contributed by atoms with E-state index in [0.717, 1.165) is 0 Å². The van der Waals surface area contributed by atoms with Crippen molar-refractivity contribution in [1.82, 2.24) is 19.5 Å². The molecule has 0 amide bonds. The smallest absolute Gasteiger partial charge is 0.165 e. The number of imidazole rings is 1. The maximum atomic E-state index is 10.8. The van der Waals surface area contributed by atoms with Crippen molar-refractivity contribution in [2.24, 2.45) is 0 Å². The van der Waals surface area contributed by atoms with Gasteiger partial charge in [-0.15, -0.1) is 0 Å². The first-order chi connectivity index (χ1) is 8.87. The van der Waals surface area contributed by atoms with Gasteiger partial charge in [0.2, 0.25) is 0 Å². The van der Waals surface area contributed by atoms with Gasteiger partial charge in [0.05, 0.1) is 19.0 Å². The lowest BCUT2D eigenvalue weighted by molar-refractivity contribution is -0.174. The van der Waals surface area contributed by atoms with Gasteiger partial charge in [-0.3, -0.25) is 0 Å². The molecule has 2 rings (SSSR count). The Hall–Kier alpha value is -1.44. The minimum atomic E-state index is -3.91. The Morgan fingerprint density at radius 3 is 3.00 bits per heavy atom. The van der Waals surface area contributed by atoms with Gasteiger partial charge in [-0.1, -0.05) is 0 Å². The van der Waals surface area contributed by atoms with Crippen LogP contribution in [0.3, 0.4) is 0 Å². The van der Waals surface area contributed by atoms with E-state index in [4.69, 9.17) is 18.0 Å².